The van der Waals surface area contributed by atoms with Crippen LogP contribution in [0.5, 0.6) is 5.75 Å². The maximum atomic E-state index is 13.0. The molecule has 1 saturated heterocycles. The van der Waals surface area contributed by atoms with E-state index in [9.17, 15) is 18.8 Å². The summed E-state index contributed by atoms with van der Waals surface area (Å²) in [5.74, 6) is -1.11. The van der Waals surface area contributed by atoms with Gasteiger partial charge in [-0.05, 0) is 24.3 Å². The fourth-order valence-corrected chi connectivity index (χ4v) is 2.85. The molecule has 8 heteroatoms. The minimum absolute atomic E-state index is 0.0791. The van der Waals surface area contributed by atoms with Gasteiger partial charge in [0.15, 0.2) is 0 Å². The SMILES string of the molecule is CC(=O)NCC(=O)N1CC[C@H](Oc2ccc(F)cc2)[C@@H](CC(N)=O)C1. The van der Waals surface area contributed by atoms with E-state index in [2.05, 4.69) is 5.32 Å². The van der Waals surface area contributed by atoms with Crippen LogP contribution in [0.4, 0.5) is 4.39 Å². The molecule has 1 fully saturated rings. The molecule has 1 heterocycles. The number of likely N-dealkylation sites (tertiary alicyclic amines) is 1. The van der Waals surface area contributed by atoms with Crippen LogP contribution in [0.1, 0.15) is 19.8 Å². The normalized spacial score (nSPS) is 20.0. The zero-order valence-corrected chi connectivity index (χ0v) is 14.0. The van der Waals surface area contributed by atoms with Crippen molar-refractivity contribution in [2.45, 2.75) is 25.9 Å². The first-order valence-electron chi connectivity index (χ1n) is 8.08. The molecule has 0 unspecified atom stereocenters. The highest BCUT2D eigenvalue weighted by molar-refractivity contribution is 5.83. The molecule has 1 aromatic carbocycles. The number of amides is 3. The fraction of sp³-hybridized carbons (Fsp3) is 0.471. The molecule has 2 rings (SSSR count). The average molecular weight is 351 g/mol. The second-order valence-electron chi connectivity index (χ2n) is 6.08. The van der Waals surface area contributed by atoms with Gasteiger partial charge in [-0.2, -0.15) is 0 Å². The molecule has 1 aliphatic heterocycles. The predicted molar refractivity (Wildman–Crippen MR) is 88.0 cm³/mol. The Labute approximate surface area is 145 Å². The molecular weight excluding hydrogens is 329 g/mol. The summed E-state index contributed by atoms with van der Waals surface area (Å²) < 4.78 is 18.9. The molecule has 1 aromatic rings. The molecule has 25 heavy (non-hydrogen) atoms. The van der Waals surface area contributed by atoms with E-state index in [0.29, 0.717) is 25.3 Å². The van der Waals surface area contributed by atoms with Gasteiger partial charge in [0, 0.05) is 38.8 Å². The van der Waals surface area contributed by atoms with E-state index < -0.39 is 5.91 Å². The minimum Gasteiger partial charge on any atom is -0.490 e. The maximum absolute atomic E-state index is 13.0. The molecular formula is C17H22FN3O4. The number of carbonyl (C=O) groups excluding carboxylic acids is 3. The van der Waals surface area contributed by atoms with Crippen LogP contribution in [0.2, 0.25) is 0 Å². The number of halogens is 1. The van der Waals surface area contributed by atoms with E-state index in [0.717, 1.165) is 0 Å². The molecule has 3 N–H and O–H groups in total. The van der Waals surface area contributed by atoms with Crippen LogP contribution in [-0.2, 0) is 14.4 Å². The third-order valence-electron chi connectivity index (χ3n) is 4.07. The molecule has 3 amide bonds. The number of piperidine rings is 1. The van der Waals surface area contributed by atoms with Gasteiger partial charge in [0.25, 0.3) is 0 Å². The van der Waals surface area contributed by atoms with E-state index in [-0.39, 0.29) is 42.6 Å². The molecule has 0 aliphatic carbocycles. The Morgan fingerprint density at radius 1 is 1.32 bits per heavy atom. The lowest BCUT2D eigenvalue weighted by molar-refractivity contribution is -0.136. The standard InChI is InChI=1S/C17H22FN3O4/c1-11(22)20-9-17(24)21-7-6-15(12(10-21)8-16(19)23)25-14-4-2-13(18)3-5-14/h2-5,12,15H,6-10H2,1H3,(H2,19,23)(H,20,22)/t12-,15-/m0/s1. The van der Waals surface area contributed by atoms with Gasteiger partial charge in [0.1, 0.15) is 17.7 Å². The highest BCUT2D eigenvalue weighted by atomic mass is 19.1. The molecule has 0 spiro atoms. The van der Waals surface area contributed by atoms with Crippen molar-refractivity contribution >= 4 is 17.7 Å². The third kappa shape index (κ3) is 5.74. The maximum Gasteiger partial charge on any atom is 0.241 e. The van der Waals surface area contributed by atoms with Crippen molar-refractivity contribution in [1.82, 2.24) is 10.2 Å². The lowest BCUT2D eigenvalue weighted by Crippen LogP contribution is -2.51. The highest BCUT2D eigenvalue weighted by Gasteiger charge is 2.33. The van der Waals surface area contributed by atoms with E-state index >= 15 is 0 Å². The highest BCUT2D eigenvalue weighted by Crippen LogP contribution is 2.25. The summed E-state index contributed by atoms with van der Waals surface area (Å²) in [7, 11) is 0. The van der Waals surface area contributed by atoms with Crippen molar-refractivity contribution in [1.29, 1.82) is 0 Å². The topological polar surface area (TPSA) is 102 Å². The van der Waals surface area contributed by atoms with Gasteiger partial charge in [0.2, 0.25) is 17.7 Å². The number of nitrogens with one attached hydrogen (secondary N) is 1. The largest absolute Gasteiger partial charge is 0.490 e. The second-order valence-corrected chi connectivity index (χ2v) is 6.08. The number of primary amides is 1. The first kappa shape index (κ1) is 18.7. The van der Waals surface area contributed by atoms with Gasteiger partial charge in [0.05, 0.1) is 6.54 Å². The lowest BCUT2D eigenvalue weighted by atomic mass is 9.91. The molecule has 7 nitrogen and oxygen atoms in total. The first-order chi connectivity index (χ1) is 11.8. The Morgan fingerprint density at radius 3 is 2.60 bits per heavy atom. The van der Waals surface area contributed by atoms with Crippen LogP contribution in [0, 0.1) is 11.7 Å². The van der Waals surface area contributed by atoms with Crippen LogP contribution >= 0.6 is 0 Å². The summed E-state index contributed by atoms with van der Waals surface area (Å²) in [4.78, 5) is 36.0. The monoisotopic (exact) mass is 351 g/mol. The Bertz CT molecular complexity index is 635. The number of nitrogens with zero attached hydrogens (tertiary/aromatic N) is 1. The predicted octanol–water partition coefficient (Wildman–Crippen LogP) is 0.433. The molecule has 0 aromatic heterocycles. The Hall–Kier alpha value is -2.64. The summed E-state index contributed by atoms with van der Waals surface area (Å²) in [5, 5.41) is 2.47. The van der Waals surface area contributed by atoms with Crippen molar-refractivity contribution in [3.8, 4) is 5.75 Å². The van der Waals surface area contributed by atoms with Crippen molar-refractivity contribution in [3.63, 3.8) is 0 Å². The molecule has 0 radical (unpaired) electrons. The van der Waals surface area contributed by atoms with E-state index in [1.165, 1.54) is 31.2 Å². The van der Waals surface area contributed by atoms with E-state index in [1.54, 1.807) is 4.90 Å². The number of rotatable bonds is 6. The summed E-state index contributed by atoms with van der Waals surface area (Å²) in [6.07, 6.45) is 0.291. The average Bonchev–Trinajstić information content (AvgIpc) is 2.55. The molecule has 0 bridgehead atoms. The zero-order chi connectivity index (χ0) is 18.4. The molecule has 0 saturated carbocycles. The van der Waals surface area contributed by atoms with Gasteiger partial charge in [-0.25, -0.2) is 4.39 Å². The van der Waals surface area contributed by atoms with Crippen LogP contribution in [0.3, 0.4) is 0 Å². The van der Waals surface area contributed by atoms with Crippen molar-refractivity contribution in [2.24, 2.45) is 11.7 Å². The van der Waals surface area contributed by atoms with Crippen LogP contribution in [0.15, 0.2) is 24.3 Å². The zero-order valence-electron chi connectivity index (χ0n) is 14.0. The Morgan fingerprint density at radius 2 is 2.00 bits per heavy atom. The number of carbonyl (C=O) groups is 3. The third-order valence-corrected chi connectivity index (χ3v) is 4.07. The number of ether oxygens (including phenoxy) is 1. The van der Waals surface area contributed by atoms with Gasteiger partial charge < -0.3 is 20.7 Å². The smallest absolute Gasteiger partial charge is 0.241 e. The van der Waals surface area contributed by atoms with Gasteiger partial charge >= 0.3 is 0 Å². The Kier molecular flexibility index (Phi) is 6.32. The summed E-state index contributed by atoms with van der Waals surface area (Å²) >= 11 is 0. The van der Waals surface area contributed by atoms with Crippen LogP contribution in [0.25, 0.3) is 0 Å². The van der Waals surface area contributed by atoms with Crippen molar-refractivity contribution < 1.29 is 23.5 Å². The number of hydrogen-bond acceptors (Lipinski definition) is 4. The quantitative estimate of drug-likeness (QED) is 0.776. The second kappa shape index (κ2) is 8.46. The molecule has 136 valence electrons. The van der Waals surface area contributed by atoms with Gasteiger partial charge in [-0.15, -0.1) is 0 Å². The van der Waals surface area contributed by atoms with Crippen molar-refractivity contribution in [2.75, 3.05) is 19.6 Å². The van der Waals surface area contributed by atoms with Crippen molar-refractivity contribution in [3.05, 3.63) is 30.1 Å². The van der Waals surface area contributed by atoms with Crippen LogP contribution < -0.4 is 15.8 Å². The molecule has 2 atom stereocenters. The summed E-state index contributed by atoms with van der Waals surface area (Å²) in [5.41, 5.74) is 5.31. The van der Waals surface area contributed by atoms with Gasteiger partial charge in [-0.1, -0.05) is 0 Å². The van der Waals surface area contributed by atoms with Gasteiger partial charge in [-0.3, -0.25) is 14.4 Å². The number of nitrogens with two attached hydrogens (primary N) is 1. The fourth-order valence-electron chi connectivity index (χ4n) is 2.85. The van der Waals surface area contributed by atoms with Crippen LogP contribution in [-0.4, -0.2) is 48.4 Å². The minimum atomic E-state index is -0.478. The first-order valence-corrected chi connectivity index (χ1v) is 8.08. The van der Waals surface area contributed by atoms with E-state index in [4.69, 9.17) is 10.5 Å². The Balaban J connectivity index is 2.01. The summed E-state index contributed by atoms with van der Waals surface area (Å²) in [6.45, 7) is 2.01. The number of hydrogen-bond donors (Lipinski definition) is 2. The van der Waals surface area contributed by atoms with E-state index in [1.807, 2.05) is 0 Å². The summed E-state index contributed by atoms with van der Waals surface area (Å²) in [6, 6.07) is 5.63. The number of benzene rings is 1. The lowest BCUT2D eigenvalue weighted by Gasteiger charge is -2.38. The molecule has 1 aliphatic rings.